The molecule has 0 aliphatic carbocycles. The van der Waals surface area contributed by atoms with Gasteiger partial charge in [-0.2, -0.15) is 5.10 Å². The molecule has 0 heterocycles. The van der Waals surface area contributed by atoms with Crippen molar-refractivity contribution in [1.29, 1.82) is 0 Å². The Morgan fingerprint density at radius 2 is 1.85 bits per heavy atom. The van der Waals surface area contributed by atoms with E-state index in [4.69, 9.17) is 0 Å². The van der Waals surface area contributed by atoms with Gasteiger partial charge < -0.3 is 4.90 Å². The molecule has 0 spiro atoms. The van der Waals surface area contributed by atoms with E-state index in [0.29, 0.717) is 12.2 Å². The molecule has 0 aliphatic heterocycles. The average molecular weight is 279 g/mol. The van der Waals surface area contributed by atoms with Crippen LogP contribution in [-0.4, -0.2) is 41.0 Å². The highest BCUT2D eigenvalue weighted by Gasteiger charge is 2.30. The van der Waals surface area contributed by atoms with Crippen LogP contribution in [0.3, 0.4) is 0 Å². The largest absolute Gasteiger partial charge is 0.346 e. The van der Waals surface area contributed by atoms with Crippen LogP contribution in [0.15, 0.2) is 29.2 Å². The molecule has 0 radical (unpaired) electrons. The first-order valence-corrected chi connectivity index (χ1v) is 7.11. The van der Waals surface area contributed by atoms with Gasteiger partial charge in [-0.15, -0.1) is 0 Å². The van der Waals surface area contributed by atoms with Gasteiger partial charge in [-0.1, -0.05) is 13.5 Å². The minimum absolute atomic E-state index is 0.0465. The first kappa shape index (κ1) is 18.4. The lowest BCUT2D eigenvalue weighted by Gasteiger charge is -2.37. The molecule has 4 heteroatoms. The molecule has 0 unspecified atom stereocenters. The minimum atomic E-state index is -0.344. The van der Waals surface area contributed by atoms with Crippen LogP contribution < -0.4 is 0 Å². The summed E-state index contributed by atoms with van der Waals surface area (Å²) in [5, 5.41) is 6.30. The van der Waals surface area contributed by atoms with Crippen molar-refractivity contribution in [2.45, 2.75) is 53.5 Å². The van der Waals surface area contributed by atoms with Crippen molar-refractivity contribution in [3.8, 4) is 0 Å². The second-order valence-electron chi connectivity index (χ2n) is 5.29. The van der Waals surface area contributed by atoms with Gasteiger partial charge >= 0.3 is 0 Å². The molecule has 0 rings (SSSR count). The Kier molecular flexibility index (Phi) is 7.25. The predicted octanol–water partition coefficient (Wildman–Crippen LogP) is 3.42. The highest BCUT2D eigenvalue weighted by molar-refractivity contribution is 5.93. The fourth-order valence-corrected chi connectivity index (χ4v) is 1.94. The summed E-state index contributed by atoms with van der Waals surface area (Å²) < 4.78 is 0. The average Bonchev–Trinajstić information content (AvgIpc) is 2.40. The lowest BCUT2D eigenvalue weighted by atomic mass is 9.91. The van der Waals surface area contributed by atoms with Crippen LogP contribution in [0.1, 0.15) is 48.0 Å². The number of hydrogen-bond donors (Lipinski definition) is 0. The summed E-state index contributed by atoms with van der Waals surface area (Å²) in [6, 6.07) is 0. The summed E-state index contributed by atoms with van der Waals surface area (Å²) in [6.07, 6.45) is 4.45. The van der Waals surface area contributed by atoms with Gasteiger partial charge in [0.15, 0.2) is 5.78 Å². The van der Waals surface area contributed by atoms with E-state index in [2.05, 4.69) is 25.5 Å². The van der Waals surface area contributed by atoms with Crippen molar-refractivity contribution in [3.05, 3.63) is 24.0 Å². The van der Waals surface area contributed by atoms with E-state index in [0.717, 1.165) is 12.0 Å². The molecule has 0 aliphatic rings. The molecular weight excluding hydrogens is 250 g/mol. The lowest BCUT2D eigenvalue weighted by Crippen LogP contribution is -2.41. The summed E-state index contributed by atoms with van der Waals surface area (Å²) >= 11 is 0. The van der Waals surface area contributed by atoms with Crippen LogP contribution in [0, 0.1) is 0 Å². The molecule has 0 amide bonds. The molecule has 0 N–H and O–H groups in total. The molecular formula is C16H29N3O. The van der Waals surface area contributed by atoms with Gasteiger partial charge in [0.25, 0.3) is 0 Å². The molecule has 4 nitrogen and oxygen atoms in total. The van der Waals surface area contributed by atoms with Crippen molar-refractivity contribution in [1.82, 2.24) is 9.91 Å². The van der Waals surface area contributed by atoms with E-state index in [1.165, 1.54) is 0 Å². The van der Waals surface area contributed by atoms with Crippen molar-refractivity contribution >= 4 is 12.0 Å². The lowest BCUT2D eigenvalue weighted by molar-refractivity contribution is -0.114. The summed E-state index contributed by atoms with van der Waals surface area (Å²) in [7, 11) is 1.93. The van der Waals surface area contributed by atoms with Gasteiger partial charge in [-0.25, -0.2) is 0 Å². The number of rotatable bonds is 8. The van der Waals surface area contributed by atoms with Crippen molar-refractivity contribution in [2.24, 2.45) is 5.10 Å². The van der Waals surface area contributed by atoms with E-state index in [1.807, 2.05) is 43.9 Å². The molecule has 0 aromatic heterocycles. The standard InChI is InChI=1S/C16H29N3O/c1-9-12-17-18(8)16(6,7)13(4)15(14(5)20)19(10-2)11-3/h10,12H,2,9,11H2,1,3-8H3/b15-13-,17-12-. The smallest absolute Gasteiger partial charge is 0.176 e. The monoisotopic (exact) mass is 279 g/mol. The molecule has 0 aromatic rings. The number of hydrazone groups is 1. The fraction of sp³-hybridized carbons (Fsp3) is 0.625. The Bertz CT molecular complexity index is 408. The molecule has 0 atom stereocenters. The van der Waals surface area contributed by atoms with Crippen LogP contribution in [0.2, 0.25) is 0 Å². The molecule has 0 bridgehead atoms. The van der Waals surface area contributed by atoms with Crippen LogP contribution in [0.25, 0.3) is 0 Å². The number of likely N-dealkylation sites (N-methyl/N-ethyl adjacent to an activating group) is 2. The Morgan fingerprint density at radius 3 is 2.20 bits per heavy atom. The van der Waals surface area contributed by atoms with Crippen molar-refractivity contribution in [2.75, 3.05) is 13.6 Å². The van der Waals surface area contributed by atoms with Crippen molar-refractivity contribution < 1.29 is 4.79 Å². The second-order valence-corrected chi connectivity index (χ2v) is 5.29. The Labute approximate surface area is 123 Å². The van der Waals surface area contributed by atoms with E-state index < -0.39 is 0 Å². The number of carbonyl (C=O) groups excluding carboxylic acids is 1. The summed E-state index contributed by atoms with van der Waals surface area (Å²) in [6.45, 7) is 16.3. The Hall–Kier alpha value is -1.58. The first-order valence-electron chi connectivity index (χ1n) is 7.11. The van der Waals surface area contributed by atoms with Gasteiger partial charge in [-0.3, -0.25) is 9.80 Å². The number of ketones is 1. The van der Waals surface area contributed by atoms with E-state index in [-0.39, 0.29) is 11.3 Å². The van der Waals surface area contributed by atoms with E-state index in [1.54, 1.807) is 13.1 Å². The maximum atomic E-state index is 12.0. The number of carbonyl (C=O) groups is 1. The number of allylic oxidation sites excluding steroid dienone is 1. The van der Waals surface area contributed by atoms with E-state index in [9.17, 15) is 4.79 Å². The SMILES string of the molecule is C=CN(CC)/C(C(C)=O)=C(/C)C(C)(C)N(C)/N=C\CC. The predicted molar refractivity (Wildman–Crippen MR) is 86.6 cm³/mol. The topological polar surface area (TPSA) is 35.9 Å². The fourth-order valence-electron chi connectivity index (χ4n) is 1.94. The third-order valence-corrected chi connectivity index (χ3v) is 3.70. The molecule has 114 valence electrons. The van der Waals surface area contributed by atoms with E-state index >= 15 is 0 Å². The quantitative estimate of drug-likeness (QED) is 0.388. The van der Waals surface area contributed by atoms with Gasteiger partial charge in [0, 0.05) is 26.7 Å². The zero-order valence-corrected chi connectivity index (χ0v) is 14.0. The second kappa shape index (κ2) is 7.88. The van der Waals surface area contributed by atoms with Gasteiger partial charge in [-0.05, 0) is 45.9 Å². The number of Topliss-reactive ketones (excluding diaryl/α,β-unsaturated/α-hetero) is 1. The zero-order chi connectivity index (χ0) is 15.9. The zero-order valence-electron chi connectivity index (χ0n) is 14.0. The number of hydrogen-bond acceptors (Lipinski definition) is 4. The number of nitrogens with zero attached hydrogens (tertiary/aromatic N) is 3. The van der Waals surface area contributed by atoms with Crippen molar-refractivity contribution in [3.63, 3.8) is 0 Å². The minimum Gasteiger partial charge on any atom is -0.346 e. The Balaban J connectivity index is 5.75. The molecule has 0 saturated carbocycles. The highest BCUT2D eigenvalue weighted by Crippen LogP contribution is 2.27. The maximum absolute atomic E-state index is 12.0. The van der Waals surface area contributed by atoms with Crippen LogP contribution >= 0.6 is 0 Å². The van der Waals surface area contributed by atoms with Crippen LogP contribution in [0.4, 0.5) is 0 Å². The van der Waals surface area contributed by atoms with Crippen LogP contribution in [0.5, 0.6) is 0 Å². The Morgan fingerprint density at radius 1 is 1.30 bits per heavy atom. The third kappa shape index (κ3) is 4.22. The molecule has 20 heavy (non-hydrogen) atoms. The first-order chi connectivity index (χ1) is 9.23. The van der Waals surface area contributed by atoms with Crippen LogP contribution in [-0.2, 0) is 4.79 Å². The van der Waals surface area contributed by atoms with Gasteiger partial charge in [0.05, 0.1) is 11.2 Å². The molecule has 0 aromatic carbocycles. The maximum Gasteiger partial charge on any atom is 0.176 e. The summed E-state index contributed by atoms with van der Waals surface area (Å²) in [5.74, 6) is 0.0465. The van der Waals surface area contributed by atoms with Gasteiger partial charge in [0.1, 0.15) is 0 Å². The normalized spacial score (nSPS) is 13.2. The van der Waals surface area contributed by atoms with Gasteiger partial charge in [0.2, 0.25) is 0 Å². The molecule has 0 fully saturated rings. The third-order valence-electron chi connectivity index (χ3n) is 3.70. The summed E-state index contributed by atoms with van der Waals surface area (Å²) in [5.41, 5.74) is 1.34. The summed E-state index contributed by atoms with van der Waals surface area (Å²) in [4.78, 5) is 13.9. The molecule has 0 saturated heterocycles. The highest BCUT2D eigenvalue weighted by atomic mass is 16.1.